The zero-order chi connectivity index (χ0) is 17.0. The van der Waals surface area contributed by atoms with E-state index in [0.29, 0.717) is 17.1 Å². The molecular formula is C16H18BrN3O3. The number of likely N-dealkylation sites (N-methyl/N-ethyl adjacent to an activating group) is 1. The Bertz CT molecular complexity index is 708. The van der Waals surface area contributed by atoms with E-state index in [0.717, 1.165) is 10.0 Å². The number of rotatable bonds is 5. The molecule has 0 radical (unpaired) electrons. The van der Waals surface area contributed by atoms with Crippen molar-refractivity contribution in [2.45, 2.75) is 20.3 Å². The Morgan fingerprint density at radius 1 is 1.30 bits per heavy atom. The molecule has 1 aromatic heterocycles. The number of hydrogen-bond acceptors (Lipinski definition) is 4. The Kier molecular flexibility index (Phi) is 5.54. The van der Waals surface area contributed by atoms with Crippen molar-refractivity contribution in [1.29, 1.82) is 0 Å². The first-order valence-electron chi connectivity index (χ1n) is 7.08. The first-order chi connectivity index (χ1) is 10.9. The van der Waals surface area contributed by atoms with Crippen LogP contribution in [0.4, 0.5) is 5.69 Å². The van der Waals surface area contributed by atoms with Crippen LogP contribution >= 0.6 is 15.9 Å². The predicted molar refractivity (Wildman–Crippen MR) is 90.1 cm³/mol. The molecule has 7 heteroatoms. The Morgan fingerprint density at radius 3 is 2.61 bits per heavy atom. The monoisotopic (exact) mass is 379 g/mol. The Balaban J connectivity index is 1.93. The van der Waals surface area contributed by atoms with Gasteiger partial charge < -0.3 is 14.7 Å². The summed E-state index contributed by atoms with van der Waals surface area (Å²) < 4.78 is 5.83. The lowest BCUT2D eigenvalue weighted by molar-refractivity contribution is -0.132. The molecule has 1 aromatic carbocycles. The lowest BCUT2D eigenvalue weighted by Gasteiger charge is -2.17. The number of amides is 2. The molecule has 0 bridgehead atoms. The minimum atomic E-state index is -0.258. The summed E-state index contributed by atoms with van der Waals surface area (Å²) in [6.07, 6.45) is 0.167. The summed E-state index contributed by atoms with van der Waals surface area (Å²) in [5, 5.41) is 6.59. The summed E-state index contributed by atoms with van der Waals surface area (Å²) in [7, 11) is 1.60. The molecule has 1 heterocycles. The van der Waals surface area contributed by atoms with Gasteiger partial charge in [0.15, 0.2) is 0 Å². The lowest BCUT2D eigenvalue weighted by Crippen LogP contribution is -2.36. The second-order valence-corrected chi connectivity index (χ2v) is 6.11. The third-order valence-electron chi connectivity index (χ3n) is 3.46. The van der Waals surface area contributed by atoms with E-state index in [1.165, 1.54) is 4.90 Å². The number of carbonyl (C=O) groups is 2. The molecule has 6 nitrogen and oxygen atoms in total. The van der Waals surface area contributed by atoms with Crippen LogP contribution in [0.5, 0.6) is 0 Å². The standard InChI is InChI=1S/C16H18BrN3O3/c1-10-12(11(2)23-19-10)8-16(22)20(3)9-15(21)18-14-7-5-4-6-13(14)17/h4-7H,8-9H2,1-3H3,(H,18,21). The molecule has 0 unspecified atom stereocenters. The number of para-hydroxylation sites is 1. The van der Waals surface area contributed by atoms with Gasteiger partial charge >= 0.3 is 0 Å². The second kappa shape index (κ2) is 7.41. The third kappa shape index (κ3) is 4.41. The zero-order valence-electron chi connectivity index (χ0n) is 13.2. The Hall–Kier alpha value is -2.15. The minimum absolute atomic E-state index is 0.0243. The molecule has 2 rings (SSSR count). The molecule has 0 spiro atoms. The highest BCUT2D eigenvalue weighted by molar-refractivity contribution is 9.10. The van der Waals surface area contributed by atoms with Crippen molar-refractivity contribution in [2.24, 2.45) is 0 Å². The van der Waals surface area contributed by atoms with E-state index < -0.39 is 0 Å². The van der Waals surface area contributed by atoms with Crippen molar-refractivity contribution in [3.63, 3.8) is 0 Å². The zero-order valence-corrected chi connectivity index (χ0v) is 14.8. The largest absolute Gasteiger partial charge is 0.361 e. The predicted octanol–water partition coefficient (Wildman–Crippen LogP) is 2.69. The van der Waals surface area contributed by atoms with Crippen molar-refractivity contribution in [3.05, 3.63) is 45.8 Å². The molecule has 0 aliphatic heterocycles. The first-order valence-corrected chi connectivity index (χ1v) is 7.88. The summed E-state index contributed by atoms with van der Waals surface area (Å²) >= 11 is 3.36. The number of carbonyl (C=O) groups excluding carboxylic acids is 2. The number of hydrogen-bond donors (Lipinski definition) is 1. The third-order valence-corrected chi connectivity index (χ3v) is 4.16. The number of benzene rings is 1. The van der Waals surface area contributed by atoms with Gasteiger partial charge in [0, 0.05) is 17.1 Å². The molecule has 1 N–H and O–H groups in total. The lowest BCUT2D eigenvalue weighted by atomic mass is 10.1. The molecule has 0 fully saturated rings. The summed E-state index contributed by atoms with van der Waals surface area (Å²) in [5.41, 5.74) is 2.14. The average Bonchev–Trinajstić information content (AvgIpc) is 2.81. The smallest absolute Gasteiger partial charge is 0.244 e. The van der Waals surface area contributed by atoms with Crippen LogP contribution in [0.1, 0.15) is 17.0 Å². The molecule has 0 saturated carbocycles. The normalized spacial score (nSPS) is 10.4. The van der Waals surface area contributed by atoms with Gasteiger partial charge in [-0.05, 0) is 41.9 Å². The number of anilines is 1. The van der Waals surface area contributed by atoms with E-state index in [1.54, 1.807) is 27.0 Å². The van der Waals surface area contributed by atoms with Gasteiger partial charge in [-0.1, -0.05) is 17.3 Å². The van der Waals surface area contributed by atoms with Crippen LogP contribution in [0.25, 0.3) is 0 Å². The number of aryl methyl sites for hydroxylation is 2. The number of nitrogens with zero attached hydrogens (tertiary/aromatic N) is 2. The van der Waals surface area contributed by atoms with E-state index in [1.807, 2.05) is 18.2 Å². The van der Waals surface area contributed by atoms with Gasteiger partial charge in [-0.3, -0.25) is 9.59 Å². The van der Waals surface area contributed by atoms with Crippen LogP contribution in [-0.2, 0) is 16.0 Å². The van der Waals surface area contributed by atoms with E-state index in [4.69, 9.17) is 4.52 Å². The SMILES string of the molecule is Cc1noc(C)c1CC(=O)N(C)CC(=O)Nc1ccccc1Br. The summed E-state index contributed by atoms with van der Waals surface area (Å²) in [4.78, 5) is 25.7. The fourth-order valence-electron chi connectivity index (χ4n) is 2.10. The highest BCUT2D eigenvalue weighted by Crippen LogP contribution is 2.21. The summed E-state index contributed by atoms with van der Waals surface area (Å²) in [6, 6.07) is 7.31. The minimum Gasteiger partial charge on any atom is -0.361 e. The highest BCUT2D eigenvalue weighted by atomic mass is 79.9. The van der Waals surface area contributed by atoms with Crippen molar-refractivity contribution in [2.75, 3.05) is 18.9 Å². The quantitative estimate of drug-likeness (QED) is 0.866. The maximum absolute atomic E-state index is 12.2. The fraction of sp³-hybridized carbons (Fsp3) is 0.312. The van der Waals surface area contributed by atoms with Crippen LogP contribution in [0.2, 0.25) is 0 Å². The van der Waals surface area contributed by atoms with Crippen LogP contribution in [0.15, 0.2) is 33.3 Å². The van der Waals surface area contributed by atoms with Gasteiger partial charge in [-0.2, -0.15) is 0 Å². The van der Waals surface area contributed by atoms with Crippen molar-refractivity contribution < 1.29 is 14.1 Å². The van der Waals surface area contributed by atoms with Gasteiger partial charge in [0.05, 0.1) is 24.3 Å². The van der Waals surface area contributed by atoms with E-state index >= 15 is 0 Å². The van der Waals surface area contributed by atoms with Crippen molar-refractivity contribution in [3.8, 4) is 0 Å². The molecule has 2 aromatic rings. The van der Waals surface area contributed by atoms with E-state index in [-0.39, 0.29) is 24.8 Å². The Labute approximate surface area is 143 Å². The van der Waals surface area contributed by atoms with Crippen molar-refractivity contribution >= 4 is 33.4 Å². The topological polar surface area (TPSA) is 75.4 Å². The fourth-order valence-corrected chi connectivity index (χ4v) is 2.48. The van der Waals surface area contributed by atoms with Crippen molar-refractivity contribution in [1.82, 2.24) is 10.1 Å². The highest BCUT2D eigenvalue weighted by Gasteiger charge is 2.18. The molecule has 0 aliphatic carbocycles. The van der Waals surface area contributed by atoms with Crippen LogP contribution < -0.4 is 5.32 Å². The van der Waals surface area contributed by atoms with Crippen LogP contribution in [0, 0.1) is 13.8 Å². The molecule has 23 heavy (non-hydrogen) atoms. The number of halogens is 1. The van der Waals surface area contributed by atoms with E-state index in [9.17, 15) is 9.59 Å². The van der Waals surface area contributed by atoms with Gasteiger partial charge in [0.2, 0.25) is 11.8 Å². The molecule has 0 saturated heterocycles. The average molecular weight is 380 g/mol. The molecule has 0 aliphatic rings. The summed E-state index contributed by atoms with van der Waals surface area (Å²) in [6.45, 7) is 3.53. The Morgan fingerprint density at radius 2 is 2.00 bits per heavy atom. The summed E-state index contributed by atoms with van der Waals surface area (Å²) in [5.74, 6) is 0.204. The molecule has 0 atom stereocenters. The maximum Gasteiger partial charge on any atom is 0.244 e. The first kappa shape index (κ1) is 17.2. The number of aromatic nitrogens is 1. The van der Waals surface area contributed by atoms with Gasteiger partial charge in [0.25, 0.3) is 0 Å². The molecule has 122 valence electrons. The van der Waals surface area contributed by atoms with Crippen LogP contribution in [0.3, 0.4) is 0 Å². The van der Waals surface area contributed by atoms with Gasteiger partial charge in [0.1, 0.15) is 5.76 Å². The van der Waals surface area contributed by atoms with Gasteiger partial charge in [-0.25, -0.2) is 0 Å². The van der Waals surface area contributed by atoms with E-state index in [2.05, 4.69) is 26.4 Å². The maximum atomic E-state index is 12.2. The molecular weight excluding hydrogens is 362 g/mol. The second-order valence-electron chi connectivity index (χ2n) is 5.26. The van der Waals surface area contributed by atoms with Crippen LogP contribution in [-0.4, -0.2) is 35.5 Å². The van der Waals surface area contributed by atoms with Gasteiger partial charge in [-0.15, -0.1) is 0 Å². The number of nitrogens with one attached hydrogen (secondary N) is 1. The molecule has 2 amide bonds.